The van der Waals surface area contributed by atoms with Gasteiger partial charge in [-0.05, 0) is 18.4 Å². The maximum Gasteiger partial charge on any atom is 0.0278 e. The summed E-state index contributed by atoms with van der Waals surface area (Å²) in [6.07, 6.45) is 24.6. The molecule has 0 aromatic heterocycles. The van der Waals surface area contributed by atoms with E-state index in [4.69, 9.17) is 0 Å². The minimum atomic E-state index is 0.739. The molecule has 1 aromatic rings. The second kappa shape index (κ2) is 20.4. The Balaban J connectivity index is 1.73. The van der Waals surface area contributed by atoms with Crippen molar-refractivity contribution in [1.29, 1.82) is 0 Å². The van der Waals surface area contributed by atoms with Gasteiger partial charge in [-0.25, -0.2) is 0 Å². The molecule has 29 heavy (non-hydrogen) atoms. The van der Waals surface area contributed by atoms with E-state index in [2.05, 4.69) is 31.2 Å². The monoisotopic (exact) mass is 403 g/mol. The van der Waals surface area contributed by atoms with E-state index in [1.807, 2.05) is 6.07 Å². The number of hydrogen-bond donors (Lipinski definition) is 1. The number of unbranched alkanes of at least 4 members (excludes halogenated alkanes) is 16. The van der Waals surface area contributed by atoms with Crippen molar-refractivity contribution in [1.82, 2.24) is 5.06 Å². The third-order valence-electron chi connectivity index (χ3n) is 6.02. The van der Waals surface area contributed by atoms with Gasteiger partial charge in [0, 0.05) is 13.1 Å². The molecule has 0 saturated carbocycles. The minimum absolute atomic E-state index is 0.739. The molecule has 0 saturated heterocycles. The van der Waals surface area contributed by atoms with E-state index >= 15 is 0 Å². The lowest BCUT2D eigenvalue weighted by molar-refractivity contribution is -0.0905. The SMILES string of the molecule is CCCCCCCCCCCCCCCCCCCN(O)CCc1ccccc1. The molecule has 0 atom stereocenters. The molecule has 0 bridgehead atoms. The molecule has 0 fully saturated rings. The summed E-state index contributed by atoms with van der Waals surface area (Å²) in [5, 5.41) is 11.5. The van der Waals surface area contributed by atoms with E-state index in [0.29, 0.717) is 0 Å². The number of nitrogens with zero attached hydrogens (tertiary/aromatic N) is 1. The predicted octanol–water partition coefficient (Wildman–Crippen LogP) is 8.57. The van der Waals surface area contributed by atoms with E-state index in [0.717, 1.165) is 25.9 Å². The van der Waals surface area contributed by atoms with E-state index in [9.17, 15) is 5.21 Å². The van der Waals surface area contributed by atoms with Crippen molar-refractivity contribution in [3.8, 4) is 0 Å². The van der Waals surface area contributed by atoms with E-state index in [1.165, 1.54) is 113 Å². The second-order valence-electron chi connectivity index (χ2n) is 8.85. The predicted molar refractivity (Wildman–Crippen MR) is 128 cm³/mol. The Kier molecular flexibility index (Phi) is 18.4. The van der Waals surface area contributed by atoms with Crippen LogP contribution in [0, 0.1) is 0 Å². The van der Waals surface area contributed by atoms with E-state index in [1.54, 1.807) is 0 Å². The Hall–Kier alpha value is -0.860. The molecule has 2 heteroatoms. The highest BCUT2D eigenvalue weighted by molar-refractivity contribution is 5.14. The van der Waals surface area contributed by atoms with Gasteiger partial charge in [-0.1, -0.05) is 140 Å². The van der Waals surface area contributed by atoms with Crippen molar-refractivity contribution in [2.24, 2.45) is 0 Å². The van der Waals surface area contributed by atoms with Gasteiger partial charge in [-0.2, -0.15) is 5.06 Å². The van der Waals surface area contributed by atoms with Crippen molar-refractivity contribution in [3.63, 3.8) is 0 Å². The first-order valence-corrected chi connectivity index (χ1v) is 12.8. The molecule has 0 aliphatic carbocycles. The van der Waals surface area contributed by atoms with Crippen molar-refractivity contribution in [3.05, 3.63) is 35.9 Å². The Morgan fingerprint density at radius 1 is 0.552 bits per heavy atom. The van der Waals surface area contributed by atoms with Crippen LogP contribution >= 0.6 is 0 Å². The van der Waals surface area contributed by atoms with E-state index in [-0.39, 0.29) is 0 Å². The van der Waals surface area contributed by atoms with Gasteiger partial charge in [0.25, 0.3) is 0 Å². The molecular formula is C27H49NO. The van der Waals surface area contributed by atoms with Gasteiger partial charge in [0.2, 0.25) is 0 Å². The van der Waals surface area contributed by atoms with Crippen LogP contribution in [0.5, 0.6) is 0 Å². The molecule has 0 aliphatic rings. The lowest BCUT2D eigenvalue weighted by Crippen LogP contribution is -2.23. The Morgan fingerprint density at radius 2 is 0.966 bits per heavy atom. The third kappa shape index (κ3) is 17.7. The molecule has 0 amide bonds. The number of rotatable bonds is 21. The van der Waals surface area contributed by atoms with Gasteiger partial charge in [0.05, 0.1) is 0 Å². The van der Waals surface area contributed by atoms with Crippen LogP contribution in [0.15, 0.2) is 30.3 Å². The first-order valence-electron chi connectivity index (χ1n) is 12.8. The zero-order valence-corrected chi connectivity index (χ0v) is 19.4. The zero-order valence-electron chi connectivity index (χ0n) is 19.4. The summed E-state index contributed by atoms with van der Waals surface area (Å²) in [6, 6.07) is 10.4. The first kappa shape index (κ1) is 26.2. The summed E-state index contributed by atoms with van der Waals surface area (Å²) in [5.74, 6) is 0. The molecule has 2 nitrogen and oxygen atoms in total. The van der Waals surface area contributed by atoms with Gasteiger partial charge in [-0.15, -0.1) is 0 Å². The van der Waals surface area contributed by atoms with Crippen LogP contribution in [0.4, 0.5) is 0 Å². The summed E-state index contributed by atoms with van der Waals surface area (Å²) in [7, 11) is 0. The van der Waals surface area contributed by atoms with Gasteiger partial charge in [0.1, 0.15) is 0 Å². The van der Waals surface area contributed by atoms with E-state index < -0.39 is 0 Å². The smallest absolute Gasteiger partial charge is 0.0278 e. The fraction of sp³-hybridized carbons (Fsp3) is 0.778. The highest BCUT2D eigenvalue weighted by atomic mass is 16.5. The molecule has 0 heterocycles. The average Bonchev–Trinajstić information content (AvgIpc) is 2.75. The van der Waals surface area contributed by atoms with Crippen molar-refractivity contribution >= 4 is 0 Å². The molecular weight excluding hydrogens is 354 g/mol. The Labute approximate surface area is 182 Å². The molecule has 1 rings (SSSR count). The summed E-state index contributed by atoms with van der Waals surface area (Å²) in [4.78, 5) is 0. The van der Waals surface area contributed by atoms with Crippen molar-refractivity contribution < 1.29 is 5.21 Å². The quantitative estimate of drug-likeness (QED) is 0.164. The largest absolute Gasteiger partial charge is 0.314 e. The van der Waals surface area contributed by atoms with Crippen LogP contribution in [-0.4, -0.2) is 23.4 Å². The van der Waals surface area contributed by atoms with Gasteiger partial charge in [-0.3, -0.25) is 0 Å². The van der Waals surface area contributed by atoms with Crippen LogP contribution in [0.25, 0.3) is 0 Å². The molecule has 0 spiro atoms. The Morgan fingerprint density at radius 3 is 1.41 bits per heavy atom. The van der Waals surface area contributed by atoms with Crippen LogP contribution < -0.4 is 0 Å². The lowest BCUT2D eigenvalue weighted by atomic mass is 10.0. The van der Waals surface area contributed by atoms with Crippen LogP contribution in [-0.2, 0) is 6.42 Å². The van der Waals surface area contributed by atoms with Crippen LogP contribution in [0.3, 0.4) is 0 Å². The summed E-state index contributed by atoms with van der Waals surface area (Å²) >= 11 is 0. The highest BCUT2D eigenvalue weighted by Gasteiger charge is 2.01. The molecule has 0 aliphatic heterocycles. The molecule has 0 unspecified atom stereocenters. The summed E-state index contributed by atoms with van der Waals surface area (Å²) in [6.45, 7) is 3.84. The second-order valence-corrected chi connectivity index (χ2v) is 8.85. The Bertz CT molecular complexity index is 433. The fourth-order valence-electron chi connectivity index (χ4n) is 4.03. The molecule has 168 valence electrons. The van der Waals surface area contributed by atoms with Gasteiger partial charge in [0.15, 0.2) is 0 Å². The fourth-order valence-corrected chi connectivity index (χ4v) is 4.03. The maximum absolute atomic E-state index is 9.97. The molecule has 1 aromatic carbocycles. The standard InChI is InChI=1S/C27H49NO/c1-2-3-4-5-6-7-8-9-10-11-12-13-14-15-16-17-21-25-28(29)26-24-27-22-19-18-20-23-27/h18-20,22-23,29H,2-17,21,24-26H2,1H3. The maximum atomic E-state index is 9.97. The topological polar surface area (TPSA) is 23.5 Å². The summed E-state index contributed by atoms with van der Waals surface area (Å²) in [5.41, 5.74) is 1.30. The van der Waals surface area contributed by atoms with Gasteiger partial charge < -0.3 is 5.21 Å². The average molecular weight is 404 g/mol. The van der Waals surface area contributed by atoms with Gasteiger partial charge >= 0.3 is 0 Å². The number of hydrogen-bond acceptors (Lipinski definition) is 2. The number of benzene rings is 1. The third-order valence-corrected chi connectivity index (χ3v) is 6.02. The number of hydroxylamine groups is 2. The van der Waals surface area contributed by atoms with Crippen LogP contribution in [0.2, 0.25) is 0 Å². The van der Waals surface area contributed by atoms with Crippen LogP contribution in [0.1, 0.15) is 122 Å². The highest BCUT2D eigenvalue weighted by Crippen LogP contribution is 2.14. The first-order chi connectivity index (χ1) is 14.3. The zero-order chi connectivity index (χ0) is 20.8. The van der Waals surface area contributed by atoms with Crippen molar-refractivity contribution in [2.75, 3.05) is 13.1 Å². The minimum Gasteiger partial charge on any atom is -0.314 e. The normalized spacial score (nSPS) is 11.4. The molecule has 0 radical (unpaired) electrons. The summed E-state index contributed by atoms with van der Waals surface area (Å²) < 4.78 is 0. The lowest BCUT2D eigenvalue weighted by Gasteiger charge is -2.14. The van der Waals surface area contributed by atoms with Crippen molar-refractivity contribution in [2.45, 2.75) is 122 Å². The molecule has 1 N–H and O–H groups in total.